The van der Waals surface area contributed by atoms with E-state index >= 15 is 0 Å². The SMILES string of the molecule is Cc1nn(Cc2ccccc2Cl)c(Cl)c1/C=C(\C#N)C(=O)Nc1ccc(C(=O)N(C)C)cc1. The van der Waals surface area contributed by atoms with Crippen molar-refractivity contribution in [2.24, 2.45) is 0 Å². The third-order valence-electron chi connectivity index (χ3n) is 4.84. The van der Waals surface area contributed by atoms with E-state index in [4.69, 9.17) is 23.2 Å². The first kappa shape index (κ1) is 24.1. The third kappa shape index (κ3) is 5.61. The minimum absolute atomic E-state index is 0.134. The minimum Gasteiger partial charge on any atom is -0.345 e. The van der Waals surface area contributed by atoms with Crippen LogP contribution in [0.15, 0.2) is 54.1 Å². The zero-order valence-electron chi connectivity index (χ0n) is 18.3. The van der Waals surface area contributed by atoms with Gasteiger partial charge in [-0.1, -0.05) is 41.4 Å². The number of halogens is 2. The van der Waals surface area contributed by atoms with Crippen molar-refractivity contribution in [1.82, 2.24) is 14.7 Å². The second kappa shape index (κ2) is 10.3. The molecular weight excluding hydrogens is 461 g/mol. The molecule has 3 rings (SSSR count). The molecule has 9 heteroatoms. The lowest BCUT2D eigenvalue weighted by atomic mass is 10.1. The zero-order chi connectivity index (χ0) is 24.1. The van der Waals surface area contributed by atoms with Crippen LogP contribution < -0.4 is 5.32 Å². The fourth-order valence-electron chi connectivity index (χ4n) is 3.07. The van der Waals surface area contributed by atoms with Crippen molar-refractivity contribution in [3.8, 4) is 6.07 Å². The molecule has 7 nitrogen and oxygen atoms in total. The summed E-state index contributed by atoms with van der Waals surface area (Å²) in [6, 6.07) is 15.7. The lowest BCUT2D eigenvalue weighted by Crippen LogP contribution is -2.21. The number of amides is 2. The molecule has 1 aromatic heterocycles. The Kier molecular flexibility index (Phi) is 7.54. The third-order valence-corrected chi connectivity index (χ3v) is 5.60. The van der Waals surface area contributed by atoms with Gasteiger partial charge in [0.15, 0.2) is 0 Å². The van der Waals surface area contributed by atoms with Crippen LogP contribution in [-0.4, -0.2) is 40.6 Å². The number of aromatic nitrogens is 2. The average Bonchev–Trinajstić information content (AvgIpc) is 3.05. The second-order valence-electron chi connectivity index (χ2n) is 7.44. The Balaban J connectivity index is 1.81. The standard InChI is InChI=1S/C24H21Cl2N5O2/c1-15-20(22(26)31(29-15)14-17-6-4-5-7-21(17)25)12-18(13-27)23(32)28-19-10-8-16(9-11-19)24(33)30(2)3/h4-12H,14H2,1-3H3,(H,28,32)/b18-12+. The van der Waals surface area contributed by atoms with Crippen LogP contribution in [0.4, 0.5) is 5.69 Å². The number of hydrogen-bond acceptors (Lipinski definition) is 4. The van der Waals surface area contributed by atoms with Crippen LogP contribution in [0.2, 0.25) is 10.2 Å². The first-order valence-electron chi connectivity index (χ1n) is 9.92. The Morgan fingerprint density at radius 3 is 2.42 bits per heavy atom. The fourth-order valence-corrected chi connectivity index (χ4v) is 3.55. The molecule has 0 bridgehead atoms. The summed E-state index contributed by atoms with van der Waals surface area (Å²) < 4.78 is 1.57. The van der Waals surface area contributed by atoms with E-state index in [0.29, 0.717) is 39.2 Å². The molecule has 2 amide bonds. The van der Waals surface area contributed by atoms with E-state index < -0.39 is 5.91 Å². The molecule has 1 heterocycles. The maximum Gasteiger partial charge on any atom is 0.266 e. The molecule has 3 aromatic rings. The van der Waals surface area contributed by atoms with Crippen molar-refractivity contribution in [1.29, 1.82) is 5.26 Å². The highest BCUT2D eigenvalue weighted by atomic mass is 35.5. The lowest BCUT2D eigenvalue weighted by Gasteiger charge is -2.11. The van der Waals surface area contributed by atoms with Crippen LogP contribution in [0.25, 0.3) is 6.08 Å². The van der Waals surface area contributed by atoms with E-state index in [1.54, 1.807) is 56.0 Å². The Hall–Kier alpha value is -3.60. The molecule has 0 aliphatic carbocycles. The fraction of sp³-hybridized carbons (Fsp3) is 0.167. The highest BCUT2D eigenvalue weighted by Gasteiger charge is 2.17. The molecule has 0 spiro atoms. The number of aryl methyl sites for hydroxylation is 1. The van der Waals surface area contributed by atoms with E-state index in [9.17, 15) is 14.9 Å². The highest BCUT2D eigenvalue weighted by molar-refractivity contribution is 6.32. The van der Waals surface area contributed by atoms with Crippen molar-refractivity contribution in [3.05, 3.63) is 86.7 Å². The predicted molar refractivity (Wildman–Crippen MR) is 129 cm³/mol. The van der Waals surface area contributed by atoms with Crippen LogP contribution in [-0.2, 0) is 11.3 Å². The Morgan fingerprint density at radius 1 is 1.15 bits per heavy atom. The van der Waals surface area contributed by atoms with Gasteiger partial charge < -0.3 is 10.2 Å². The number of nitriles is 1. The normalized spacial score (nSPS) is 11.1. The summed E-state index contributed by atoms with van der Waals surface area (Å²) >= 11 is 12.7. The Labute approximate surface area is 201 Å². The molecule has 0 aliphatic heterocycles. The van der Waals surface area contributed by atoms with Crippen LogP contribution in [0, 0.1) is 18.3 Å². The number of nitrogens with zero attached hydrogens (tertiary/aromatic N) is 4. The summed E-state index contributed by atoms with van der Waals surface area (Å²) in [6.45, 7) is 2.09. The zero-order valence-corrected chi connectivity index (χ0v) is 19.8. The summed E-state index contributed by atoms with van der Waals surface area (Å²) in [5.74, 6) is -0.747. The van der Waals surface area contributed by atoms with Crippen molar-refractivity contribution in [2.45, 2.75) is 13.5 Å². The van der Waals surface area contributed by atoms with Crippen molar-refractivity contribution < 1.29 is 9.59 Å². The molecule has 0 atom stereocenters. The number of carbonyl (C=O) groups excluding carboxylic acids is 2. The minimum atomic E-state index is -0.599. The van der Waals surface area contributed by atoms with Gasteiger partial charge in [0.2, 0.25) is 0 Å². The van der Waals surface area contributed by atoms with Crippen LogP contribution >= 0.6 is 23.2 Å². The van der Waals surface area contributed by atoms with Gasteiger partial charge in [0.05, 0.1) is 12.2 Å². The predicted octanol–water partition coefficient (Wildman–Crippen LogP) is 4.79. The number of nitrogens with one attached hydrogen (secondary N) is 1. The van der Waals surface area contributed by atoms with Gasteiger partial charge in [0.25, 0.3) is 11.8 Å². The monoisotopic (exact) mass is 481 g/mol. The molecule has 0 saturated heterocycles. The molecular formula is C24H21Cl2N5O2. The summed E-state index contributed by atoms with van der Waals surface area (Å²) in [5, 5.41) is 17.5. The van der Waals surface area contributed by atoms with Crippen molar-refractivity contribution in [2.75, 3.05) is 19.4 Å². The first-order chi connectivity index (χ1) is 15.7. The van der Waals surface area contributed by atoms with Crippen molar-refractivity contribution in [3.63, 3.8) is 0 Å². The maximum absolute atomic E-state index is 12.7. The van der Waals surface area contributed by atoms with Gasteiger partial charge >= 0.3 is 0 Å². The molecule has 33 heavy (non-hydrogen) atoms. The van der Waals surface area contributed by atoms with E-state index in [1.165, 1.54) is 11.0 Å². The molecule has 0 aliphatic rings. The number of benzene rings is 2. The lowest BCUT2D eigenvalue weighted by molar-refractivity contribution is -0.112. The maximum atomic E-state index is 12.7. The Morgan fingerprint density at radius 2 is 1.82 bits per heavy atom. The van der Waals surface area contributed by atoms with Crippen LogP contribution in [0.1, 0.15) is 27.2 Å². The quantitative estimate of drug-likeness (QED) is 0.404. The summed E-state index contributed by atoms with van der Waals surface area (Å²) in [5.41, 5.74) is 2.69. The number of carbonyl (C=O) groups is 2. The van der Waals surface area contributed by atoms with Crippen LogP contribution in [0.5, 0.6) is 0 Å². The molecule has 0 saturated carbocycles. The average molecular weight is 482 g/mol. The van der Waals surface area contributed by atoms with Crippen molar-refractivity contribution >= 4 is 46.8 Å². The molecule has 168 valence electrons. The van der Waals surface area contributed by atoms with E-state index in [-0.39, 0.29) is 11.5 Å². The number of rotatable bonds is 6. The molecule has 0 unspecified atom stereocenters. The van der Waals surface area contributed by atoms with Gasteiger partial charge in [-0.3, -0.25) is 9.59 Å². The molecule has 1 N–H and O–H groups in total. The van der Waals surface area contributed by atoms with Gasteiger partial charge in [0.1, 0.15) is 16.8 Å². The van der Waals surface area contributed by atoms with E-state index in [2.05, 4.69) is 10.4 Å². The topological polar surface area (TPSA) is 91.0 Å². The van der Waals surface area contributed by atoms with Crippen LogP contribution in [0.3, 0.4) is 0 Å². The smallest absolute Gasteiger partial charge is 0.266 e. The summed E-state index contributed by atoms with van der Waals surface area (Å²) in [4.78, 5) is 26.1. The van der Waals surface area contributed by atoms with Gasteiger partial charge in [-0.15, -0.1) is 0 Å². The molecule has 0 radical (unpaired) electrons. The van der Waals surface area contributed by atoms with Gasteiger partial charge in [-0.2, -0.15) is 10.4 Å². The number of anilines is 1. The van der Waals surface area contributed by atoms with E-state index in [1.807, 2.05) is 24.3 Å². The van der Waals surface area contributed by atoms with Gasteiger partial charge in [-0.05, 0) is 48.9 Å². The van der Waals surface area contributed by atoms with E-state index in [0.717, 1.165) is 5.56 Å². The Bertz CT molecular complexity index is 1270. The molecule has 2 aromatic carbocycles. The largest absolute Gasteiger partial charge is 0.345 e. The summed E-state index contributed by atoms with van der Waals surface area (Å²) in [6.07, 6.45) is 1.41. The van der Waals surface area contributed by atoms with Gasteiger partial charge in [-0.25, -0.2) is 4.68 Å². The second-order valence-corrected chi connectivity index (χ2v) is 8.21. The van der Waals surface area contributed by atoms with Gasteiger partial charge in [0, 0.05) is 35.9 Å². The first-order valence-corrected chi connectivity index (χ1v) is 10.7. The summed E-state index contributed by atoms with van der Waals surface area (Å²) in [7, 11) is 3.32. The highest BCUT2D eigenvalue weighted by Crippen LogP contribution is 2.25. The molecule has 0 fully saturated rings. The number of hydrogen-bond donors (Lipinski definition) is 1.